The zero-order valence-corrected chi connectivity index (χ0v) is 11.0. The second-order valence-corrected chi connectivity index (χ2v) is 5.76. The largest absolute Gasteiger partial charge is 0.480 e. The normalized spacial score (nSPS) is 19.6. The summed E-state index contributed by atoms with van der Waals surface area (Å²) in [4.78, 5) is 24.1. The lowest BCUT2D eigenvalue weighted by atomic mass is 10.1. The highest BCUT2D eigenvalue weighted by Crippen LogP contribution is 2.20. The fourth-order valence-corrected chi connectivity index (χ4v) is 2.65. The molecule has 0 spiro atoms. The number of carbonyl (C=O) groups excluding carboxylic acids is 1. The molecule has 0 aromatic rings. The van der Waals surface area contributed by atoms with Crippen LogP contribution in [0.15, 0.2) is 0 Å². The van der Waals surface area contributed by atoms with E-state index >= 15 is 0 Å². The minimum Gasteiger partial charge on any atom is -0.480 e. The van der Waals surface area contributed by atoms with Crippen LogP contribution in [0.5, 0.6) is 0 Å². The first-order valence-corrected chi connectivity index (χ1v) is 6.89. The van der Waals surface area contributed by atoms with Gasteiger partial charge in [-0.25, -0.2) is 0 Å². The topological polar surface area (TPSA) is 119 Å². The summed E-state index contributed by atoms with van der Waals surface area (Å²) in [5, 5.41) is 16.2. The highest BCUT2D eigenvalue weighted by atomic mass is 32.3. The van der Waals surface area contributed by atoms with Gasteiger partial charge in [0.2, 0.25) is 11.9 Å². The summed E-state index contributed by atoms with van der Waals surface area (Å²) < 4.78 is 33.6. The van der Waals surface area contributed by atoms with Gasteiger partial charge in [0, 0.05) is 25.9 Å². The number of hydrogen-bond acceptors (Lipinski definition) is 5. The summed E-state index contributed by atoms with van der Waals surface area (Å²) in [5.41, 5.74) is 0. The maximum Gasteiger partial charge on any atom is 0.323 e. The smallest absolute Gasteiger partial charge is 0.323 e. The van der Waals surface area contributed by atoms with Gasteiger partial charge in [-0.2, -0.15) is 8.42 Å². The van der Waals surface area contributed by atoms with Crippen molar-refractivity contribution >= 4 is 28.1 Å². The minimum absolute atomic E-state index is 0.106. The standard InChI is InChI=1S/C9H14FN3O5S/c1-12(4-8(15)16)9(11)13-3-6(2-7(13)14)5-19(10,17)18/h6,11H,2-5H2,1H3,(H,15,16). The van der Waals surface area contributed by atoms with Crippen molar-refractivity contribution in [2.45, 2.75) is 6.42 Å². The van der Waals surface area contributed by atoms with Crippen LogP contribution in [0.3, 0.4) is 0 Å². The second-order valence-electron chi connectivity index (χ2n) is 4.35. The monoisotopic (exact) mass is 295 g/mol. The number of halogens is 1. The molecule has 1 fully saturated rings. The van der Waals surface area contributed by atoms with Crippen LogP contribution in [0, 0.1) is 11.3 Å². The van der Waals surface area contributed by atoms with Crippen molar-refractivity contribution < 1.29 is 27.0 Å². The number of amides is 1. The van der Waals surface area contributed by atoms with Crippen LogP contribution >= 0.6 is 0 Å². The summed E-state index contributed by atoms with van der Waals surface area (Å²) in [6.45, 7) is -0.570. The number of rotatable bonds is 4. The Bertz CT molecular complexity index is 506. The van der Waals surface area contributed by atoms with Crippen LogP contribution in [0.4, 0.5) is 3.89 Å². The van der Waals surface area contributed by atoms with Gasteiger partial charge in [0.25, 0.3) is 0 Å². The minimum atomic E-state index is -4.68. The van der Waals surface area contributed by atoms with E-state index in [0.29, 0.717) is 0 Å². The molecule has 1 heterocycles. The third-order valence-electron chi connectivity index (χ3n) is 2.63. The molecule has 0 aliphatic carbocycles. The lowest BCUT2D eigenvalue weighted by molar-refractivity contribution is -0.137. The number of carbonyl (C=O) groups is 2. The van der Waals surface area contributed by atoms with Gasteiger partial charge >= 0.3 is 16.2 Å². The lowest BCUT2D eigenvalue weighted by Crippen LogP contribution is -2.44. The van der Waals surface area contributed by atoms with Gasteiger partial charge in [-0.15, -0.1) is 3.89 Å². The lowest BCUT2D eigenvalue weighted by Gasteiger charge is -2.25. The van der Waals surface area contributed by atoms with Gasteiger partial charge < -0.3 is 10.0 Å². The van der Waals surface area contributed by atoms with E-state index in [1.807, 2.05) is 0 Å². The van der Waals surface area contributed by atoms with Crippen molar-refractivity contribution in [2.24, 2.45) is 5.92 Å². The average molecular weight is 295 g/mol. The molecule has 0 aromatic heterocycles. The highest BCUT2D eigenvalue weighted by Gasteiger charge is 2.36. The molecular formula is C9H14FN3O5S. The van der Waals surface area contributed by atoms with E-state index in [0.717, 1.165) is 9.80 Å². The zero-order chi connectivity index (χ0) is 14.8. The van der Waals surface area contributed by atoms with Gasteiger partial charge in [-0.05, 0) is 0 Å². The molecule has 0 saturated carbocycles. The molecule has 8 nitrogen and oxygen atoms in total. The van der Waals surface area contributed by atoms with Crippen LogP contribution in [0.25, 0.3) is 0 Å². The Morgan fingerprint density at radius 2 is 2.21 bits per heavy atom. The fraction of sp³-hybridized carbons (Fsp3) is 0.667. The van der Waals surface area contributed by atoms with Crippen LogP contribution < -0.4 is 0 Å². The Morgan fingerprint density at radius 3 is 2.68 bits per heavy atom. The van der Waals surface area contributed by atoms with Crippen molar-refractivity contribution in [3.8, 4) is 0 Å². The molecule has 19 heavy (non-hydrogen) atoms. The van der Waals surface area contributed by atoms with Crippen molar-refractivity contribution in [2.75, 3.05) is 25.9 Å². The maximum absolute atomic E-state index is 12.5. The maximum atomic E-state index is 12.5. The van der Waals surface area contributed by atoms with Gasteiger partial charge in [0.15, 0.2) is 0 Å². The van der Waals surface area contributed by atoms with Gasteiger partial charge in [-0.3, -0.25) is 19.9 Å². The number of likely N-dealkylation sites (tertiary alicyclic amines) is 1. The Kier molecular flexibility index (Phi) is 4.45. The number of guanidine groups is 1. The Labute approximate surface area is 109 Å². The third-order valence-corrected chi connectivity index (χ3v) is 3.50. The SMILES string of the molecule is CN(CC(=O)O)C(=N)N1CC(CS(=O)(=O)F)CC1=O. The molecule has 1 saturated heterocycles. The summed E-state index contributed by atoms with van der Waals surface area (Å²) in [6.07, 6.45) is -0.174. The first-order chi connectivity index (χ1) is 8.60. The van der Waals surface area contributed by atoms with Gasteiger partial charge in [0.1, 0.15) is 6.54 Å². The zero-order valence-electron chi connectivity index (χ0n) is 10.2. The molecule has 108 valence electrons. The summed E-state index contributed by atoms with van der Waals surface area (Å²) in [6, 6.07) is 0. The van der Waals surface area contributed by atoms with E-state index in [9.17, 15) is 21.9 Å². The Balaban J connectivity index is 2.68. The van der Waals surface area contributed by atoms with Crippen molar-refractivity contribution in [3.05, 3.63) is 0 Å². The highest BCUT2D eigenvalue weighted by molar-refractivity contribution is 7.86. The molecule has 1 aliphatic rings. The predicted molar refractivity (Wildman–Crippen MR) is 62.7 cm³/mol. The van der Waals surface area contributed by atoms with Gasteiger partial charge in [0.05, 0.1) is 5.75 Å². The van der Waals surface area contributed by atoms with E-state index in [-0.39, 0.29) is 18.9 Å². The van der Waals surface area contributed by atoms with Crippen LogP contribution in [-0.4, -0.2) is 67.1 Å². The molecule has 10 heteroatoms. The Morgan fingerprint density at radius 1 is 1.63 bits per heavy atom. The molecule has 0 aromatic carbocycles. The molecule has 2 N–H and O–H groups in total. The molecule has 1 unspecified atom stereocenters. The summed E-state index contributed by atoms with van der Waals surface area (Å²) in [7, 11) is -3.35. The van der Waals surface area contributed by atoms with E-state index in [1.165, 1.54) is 7.05 Å². The number of aliphatic carboxylic acids is 1. The van der Waals surface area contributed by atoms with E-state index in [4.69, 9.17) is 10.5 Å². The number of hydrogen-bond donors (Lipinski definition) is 2. The van der Waals surface area contributed by atoms with E-state index in [1.54, 1.807) is 0 Å². The van der Waals surface area contributed by atoms with Gasteiger partial charge in [-0.1, -0.05) is 0 Å². The molecule has 0 radical (unpaired) electrons. The second kappa shape index (κ2) is 5.51. The van der Waals surface area contributed by atoms with Crippen molar-refractivity contribution in [1.82, 2.24) is 9.80 Å². The number of carboxylic acid groups (broad SMARTS) is 1. The number of nitrogens with one attached hydrogen (secondary N) is 1. The quantitative estimate of drug-likeness (QED) is 0.393. The Hall–Kier alpha value is -1.71. The molecule has 1 atom stereocenters. The molecule has 1 aliphatic heterocycles. The number of nitrogens with zero attached hydrogens (tertiary/aromatic N) is 2. The molecule has 1 amide bonds. The van der Waals surface area contributed by atoms with E-state index < -0.39 is 40.3 Å². The van der Waals surface area contributed by atoms with Crippen LogP contribution in [0.2, 0.25) is 0 Å². The molecule has 1 rings (SSSR count). The first kappa shape index (κ1) is 15.3. The predicted octanol–water partition coefficient (Wildman–Crippen LogP) is -0.915. The molecule has 0 bridgehead atoms. The summed E-state index contributed by atoms with van der Waals surface area (Å²) >= 11 is 0. The average Bonchev–Trinajstić information content (AvgIpc) is 2.54. The van der Waals surface area contributed by atoms with E-state index in [2.05, 4.69) is 0 Å². The molecular weight excluding hydrogens is 281 g/mol. The summed E-state index contributed by atoms with van der Waals surface area (Å²) in [5.74, 6) is -3.52. The van der Waals surface area contributed by atoms with Crippen LogP contribution in [0.1, 0.15) is 6.42 Å². The fourth-order valence-electron chi connectivity index (χ4n) is 1.86. The van der Waals surface area contributed by atoms with Crippen molar-refractivity contribution in [1.29, 1.82) is 5.41 Å². The first-order valence-electron chi connectivity index (χ1n) is 5.34. The number of carboxylic acids is 1. The number of likely N-dealkylation sites (N-methyl/N-ethyl adjacent to an activating group) is 1. The third kappa shape index (κ3) is 4.47. The van der Waals surface area contributed by atoms with Crippen LogP contribution in [-0.2, 0) is 19.8 Å². The van der Waals surface area contributed by atoms with Crippen molar-refractivity contribution in [3.63, 3.8) is 0 Å².